The monoisotopic (exact) mass is 408 g/mol. The van der Waals surface area contributed by atoms with Gasteiger partial charge in [-0.05, 0) is 49.8 Å². The number of benzene rings is 1. The van der Waals surface area contributed by atoms with Crippen molar-refractivity contribution < 1.29 is 4.74 Å². The molecule has 7 nitrogen and oxygen atoms in total. The Morgan fingerprint density at radius 1 is 1.24 bits per heavy atom. The van der Waals surface area contributed by atoms with Crippen LogP contribution in [0.15, 0.2) is 66.2 Å². The van der Waals surface area contributed by atoms with Crippen molar-refractivity contribution in [3.05, 3.63) is 66.6 Å². The quantitative estimate of drug-likeness (QED) is 0.245. The van der Waals surface area contributed by atoms with Crippen LogP contribution in [0.2, 0.25) is 0 Å². The lowest BCUT2D eigenvalue weighted by Gasteiger charge is -2.06. The minimum atomic E-state index is 0.469. The maximum absolute atomic E-state index is 5.30. The third-order valence-corrected chi connectivity index (χ3v) is 4.26. The molecule has 0 aliphatic heterocycles. The Labute approximate surface area is 175 Å². The van der Waals surface area contributed by atoms with Crippen LogP contribution in [0.1, 0.15) is 18.9 Å². The number of ether oxygens (including phenoxy) is 1. The number of para-hydroxylation sites is 1. The molecule has 2 N–H and O–H groups in total. The lowest BCUT2D eigenvalue weighted by Crippen LogP contribution is -2.33. The van der Waals surface area contributed by atoms with Gasteiger partial charge in [0.05, 0.1) is 11.9 Å². The van der Waals surface area contributed by atoms with Crippen molar-refractivity contribution in [1.29, 1.82) is 0 Å². The second-order valence-electron chi connectivity index (χ2n) is 6.13. The molecule has 0 saturated heterocycles. The molecule has 0 aliphatic rings. The smallest absolute Gasteiger partial charge is 0.186 e. The predicted molar refractivity (Wildman–Crippen MR) is 119 cm³/mol. The lowest BCUT2D eigenvalue weighted by atomic mass is 10.1. The highest BCUT2D eigenvalue weighted by Crippen LogP contribution is 2.21. The van der Waals surface area contributed by atoms with Crippen molar-refractivity contribution in [3.8, 4) is 16.9 Å². The highest BCUT2D eigenvalue weighted by molar-refractivity contribution is 7.80. The van der Waals surface area contributed by atoms with Gasteiger partial charge in [0.1, 0.15) is 5.69 Å². The van der Waals surface area contributed by atoms with Crippen LogP contribution in [-0.2, 0) is 4.74 Å². The van der Waals surface area contributed by atoms with E-state index in [9.17, 15) is 0 Å². The number of nitrogens with zero attached hydrogens (tertiary/aromatic N) is 4. The summed E-state index contributed by atoms with van der Waals surface area (Å²) in [6, 6.07) is 13.8. The summed E-state index contributed by atoms with van der Waals surface area (Å²) < 4.78 is 7.13. The molecule has 0 saturated carbocycles. The van der Waals surface area contributed by atoms with Gasteiger partial charge in [-0.1, -0.05) is 18.2 Å². The van der Waals surface area contributed by atoms with E-state index in [1.807, 2.05) is 60.3 Å². The Hall–Kier alpha value is -3.10. The second kappa shape index (κ2) is 11.0. The zero-order valence-corrected chi connectivity index (χ0v) is 17.1. The Balaban J connectivity index is 1.70. The van der Waals surface area contributed by atoms with Gasteiger partial charge in [-0.15, -0.1) is 0 Å². The Morgan fingerprint density at radius 2 is 2.10 bits per heavy atom. The van der Waals surface area contributed by atoms with E-state index in [4.69, 9.17) is 22.1 Å². The number of hydrogen-bond donors (Lipinski definition) is 2. The normalized spacial score (nSPS) is 10.9. The summed E-state index contributed by atoms with van der Waals surface area (Å²) >= 11 is 5.25. The van der Waals surface area contributed by atoms with Gasteiger partial charge < -0.3 is 10.1 Å². The van der Waals surface area contributed by atoms with Gasteiger partial charge in [-0.3, -0.25) is 10.4 Å². The fourth-order valence-electron chi connectivity index (χ4n) is 2.64. The Bertz CT molecular complexity index is 927. The molecule has 150 valence electrons. The number of aromatic nitrogens is 3. The summed E-state index contributed by atoms with van der Waals surface area (Å²) in [5.41, 5.74) is 6.38. The SMILES string of the molecule is CCOCCCNC(=S)N/N=C\c1cn(-c2ccccc2)nc1-c1cccnc1. The molecule has 3 aromatic rings. The van der Waals surface area contributed by atoms with E-state index in [0.717, 1.165) is 42.1 Å². The average molecular weight is 409 g/mol. The van der Waals surface area contributed by atoms with E-state index in [1.165, 1.54) is 0 Å². The maximum atomic E-state index is 5.30. The molecule has 0 spiro atoms. The number of nitrogens with one attached hydrogen (secondary N) is 2. The number of rotatable bonds is 9. The van der Waals surface area contributed by atoms with Crippen LogP contribution in [0.4, 0.5) is 0 Å². The zero-order valence-electron chi connectivity index (χ0n) is 16.3. The third kappa shape index (κ3) is 6.20. The van der Waals surface area contributed by atoms with Gasteiger partial charge in [0.25, 0.3) is 0 Å². The summed E-state index contributed by atoms with van der Waals surface area (Å²) in [4.78, 5) is 4.20. The molecular weight excluding hydrogens is 384 g/mol. The lowest BCUT2D eigenvalue weighted by molar-refractivity contribution is 0.145. The van der Waals surface area contributed by atoms with Crippen molar-refractivity contribution >= 4 is 23.5 Å². The molecule has 0 bridgehead atoms. The summed E-state index contributed by atoms with van der Waals surface area (Å²) in [7, 11) is 0. The topological polar surface area (TPSA) is 76.4 Å². The summed E-state index contributed by atoms with van der Waals surface area (Å²) in [5, 5.41) is 12.6. The van der Waals surface area contributed by atoms with E-state index >= 15 is 0 Å². The zero-order chi connectivity index (χ0) is 20.3. The van der Waals surface area contributed by atoms with Crippen LogP contribution in [-0.4, -0.2) is 45.9 Å². The molecule has 0 unspecified atom stereocenters. The van der Waals surface area contributed by atoms with Crippen LogP contribution in [0.5, 0.6) is 0 Å². The first-order valence-corrected chi connectivity index (χ1v) is 9.89. The van der Waals surface area contributed by atoms with Gasteiger partial charge in [-0.2, -0.15) is 10.2 Å². The van der Waals surface area contributed by atoms with Crippen molar-refractivity contribution in [1.82, 2.24) is 25.5 Å². The number of thiocarbonyl (C=S) groups is 1. The standard InChI is InChI=1S/C21H24N6OS/c1-2-28-13-7-12-23-21(29)25-24-15-18-16-27(19-9-4-3-5-10-19)26-20(18)17-8-6-11-22-14-17/h3-6,8-11,14-16H,2,7,12-13H2,1H3,(H2,23,25,29)/b24-15-. The Kier molecular flexibility index (Phi) is 7.85. The molecule has 0 amide bonds. The minimum Gasteiger partial charge on any atom is -0.382 e. The number of hydrazone groups is 1. The summed E-state index contributed by atoms with van der Waals surface area (Å²) in [6.07, 6.45) is 8.05. The molecular formula is C21H24N6OS. The second-order valence-corrected chi connectivity index (χ2v) is 6.54. The first kappa shape index (κ1) is 20.6. The van der Waals surface area contributed by atoms with Crippen LogP contribution in [0.3, 0.4) is 0 Å². The van der Waals surface area contributed by atoms with E-state index in [-0.39, 0.29) is 0 Å². The summed E-state index contributed by atoms with van der Waals surface area (Å²) in [6.45, 7) is 4.15. The van der Waals surface area contributed by atoms with E-state index in [2.05, 4.69) is 20.8 Å². The van der Waals surface area contributed by atoms with Crippen LogP contribution >= 0.6 is 12.2 Å². The molecule has 0 aliphatic carbocycles. The summed E-state index contributed by atoms with van der Waals surface area (Å²) in [5.74, 6) is 0. The minimum absolute atomic E-state index is 0.469. The van der Waals surface area contributed by atoms with Gasteiger partial charge in [0.15, 0.2) is 5.11 Å². The third-order valence-electron chi connectivity index (χ3n) is 4.02. The molecule has 2 aromatic heterocycles. The largest absolute Gasteiger partial charge is 0.382 e. The first-order chi connectivity index (χ1) is 14.3. The van der Waals surface area contributed by atoms with Crippen molar-refractivity contribution in [2.24, 2.45) is 5.10 Å². The van der Waals surface area contributed by atoms with Crippen molar-refractivity contribution in [3.63, 3.8) is 0 Å². The number of pyridine rings is 1. The molecule has 8 heteroatoms. The van der Waals surface area contributed by atoms with Crippen LogP contribution < -0.4 is 10.7 Å². The highest BCUT2D eigenvalue weighted by atomic mass is 32.1. The van der Waals surface area contributed by atoms with Crippen molar-refractivity contribution in [2.45, 2.75) is 13.3 Å². The van der Waals surface area contributed by atoms with Crippen LogP contribution in [0.25, 0.3) is 16.9 Å². The van der Waals surface area contributed by atoms with E-state index in [0.29, 0.717) is 11.7 Å². The van der Waals surface area contributed by atoms with E-state index in [1.54, 1.807) is 18.6 Å². The molecule has 0 fully saturated rings. The average Bonchev–Trinajstić information content (AvgIpc) is 3.19. The van der Waals surface area contributed by atoms with E-state index < -0.39 is 0 Å². The van der Waals surface area contributed by atoms with Gasteiger partial charge in [0, 0.05) is 49.5 Å². The predicted octanol–water partition coefficient (Wildman–Crippen LogP) is 3.16. The maximum Gasteiger partial charge on any atom is 0.186 e. The molecule has 3 rings (SSSR count). The molecule has 1 aromatic carbocycles. The molecule has 2 heterocycles. The molecule has 0 atom stereocenters. The molecule has 0 radical (unpaired) electrons. The van der Waals surface area contributed by atoms with Crippen molar-refractivity contribution in [2.75, 3.05) is 19.8 Å². The first-order valence-electron chi connectivity index (χ1n) is 9.48. The molecule has 29 heavy (non-hydrogen) atoms. The van der Waals surface area contributed by atoms with Gasteiger partial charge in [-0.25, -0.2) is 4.68 Å². The fourth-order valence-corrected chi connectivity index (χ4v) is 2.80. The number of hydrogen-bond acceptors (Lipinski definition) is 5. The van der Waals surface area contributed by atoms with Gasteiger partial charge >= 0.3 is 0 Å². The van der Waals surface area contributed by atoms with Gasteiger partial charge in [0.2, 0.25) is 0 Å². The fraction of sp³-hybridized carbons (Fsp3) is 0.238. The Morgan fingerprint density at radius 3 is 2.86 bits per heavy atom. The van der Waals surface area contributed by atoms with Crippen LogP contribution in [0, 0.1) is 0 Å². The highest BCUT2D eigenvalue weighted by Gasteiger charge is 2.11.